The fourth-order valence-electron chi connectivity index (χ4n) is 2.83. The van der Waals surface area contributed by atoms with Gasteiger partial charge in [-0.1, -0.05) is 12.1 Å². The van der Waals surface area contributed by atoms with Crippen molar-refractivity contribution in [3.63, 3.8) is 0 Å². The standard InChI is InChI=1S/C18H22N4O2S/c1-21(2)11-13-5-3-6-14(9-13)19-16(23)10-15-12-25-18(20-15)22-8-4-7-17(22)24/h3,5-6,9,12H,4,7-8,10-11H2,1-2H3,(H,19,23). The quantitative estimate of drug-likeness (QED) is 0.862. The Morgan fingerprint density at radius 1 is 1.40 bits per heavy atom. The molecule has 1 aromatic heterocycles. The summed E-state index contributed by atoms with van der Waals surface area (Å²) in [6.45, 7) is 1.54. The van der Waals surface area contributed by atoms with Crippen molar-refractivity contribution < 1.29 is 9.59 Å². The van der Waals surface area contributed by atoms with E-state index in [0.29, 0.717) is 17.2 Å². The van der Waals surface area contributed by atoms with E-state index >= 15 is 0 Å². The lowest BCUT2D eigenvalue weighted by Gasteiger charge is -2.11. The Morgan fingerprint density at radius 3 is 2.96 bits per heavy atom. The van der Waals surface area contributed by atoms with Gasteiger partial charge in [-0.05, 0) is 38.2 Å². The van der Waals surface area contributed by atoms with Crippen molar-refractivity contribution >= 4 is 34.0 Å². The van der Waals surface area contributed by atoms with E-state index in [0.717, 1.165) is 30.8 Å². The summed E-state index contributed by atoms with van der Waals surface area (Å²) in [7, 11) is 4.02. The maximum absolute atomic E-state index is 12.3. The van der Waals surface area contributed by atoms with Crippen LogP contribution in [0, 0.1) is 0 Å². The number of hydrogen-bond donors (Lipinski definition) is 1. The molecular formula is C18H22N4O2S. The molecule has 0 atom stereocenters. The number of amides is 2. The predicted octanol–water partition coefficient (Wildman–Crippen LogP) is 2.51. The van der Waals surface area contributed by atoms with Gasteiger partial charge in [0.1, 0.15) is 0 Å². The number of benzene rings is 1. The van der Waals surface area contributed by atoms with Crippen molar-refractivity contribution in [1.82, 2.24) is 9.88 Å². The molecule has 2 heterocycles. The first-order valence-electron chi connectivity index (χ1n) is 8.29. The maximum Gasteiger partial charge on any atom is 0.230 e. The third kappa shape index (κ3) is 4.64. The number of aromatic nitrogens is 1. The Bertz CT molecular complexity index is 772. The van der Waals surface area contributed by atoms with Gasteiger partial charge in [-0.15, -0.1) is 11.3 Å². The second-order valence-electron chi connectivity index (χ2n) is 6.43. The minimum absolute atomic E-state index is 0.105. The van der Waals surface area contributed by atoms with Crippen LogP contribution in [0.15, 0.2) is 29.6 Å². The normalized spacial score (nSPS) is 14.4. The van der Waals surface area contributed by atoms with Crippen LogP contribution < -0.4 is 10.2 Å². The van der Waals surface area contributed by atoms with Crippen LogP contribution in [0.25, 0.3) is 0 Å². The van der Waals surface area contributed by atoms with Gasteiger partial charge in [-0.3, -0.25) is 14.5 Å². The van der Waals surface area contributed by atoms with Gasteiger partial charge in [-0.25, -0.2) is 4.98 Å². The van der Waals surface area contributed by atoms with Gasteiger partial charge in [-0.2, -0.15) is 0 Å². The number of nitrogens with zero attached hydrogens (tertiary/aromatic N) is 3. The molecular weight excluding hydrogens is 336 g/mol. The molecule has 0 bridgehead atoms. The van der Waals surface area contributed by atoms with E-state index < -0.39 is 0 Å². The van der Waals surface area contributed by atoms with Crippen LogP contribution in [0.5, 0.6) is 0 Å². The van der Waals surface area contributed by atoms with E-state index in [-0.39, 0.29) is 18.2 Å². The van der Waals surface area contributed by atoms with E-state index in [2.05, 4.69) is 15.2 Å². The van der Waals surface area contributed by atoms with Crippen molar-refractivity contribution in [3.05, 3.63) is 40.9 Å². The Labute approximate surface area is 151 Å². The smallest absolute Gasteiger partial charge is 0.230 e. The van der Waals surface area contributed by atoms with Crippen LogP contribution >= 0.6 is 11.3 Å². The fourth-order valence-corrected chi connectivity index (χ4v) is 3.70. The molecule has 1 aromatic carbocycles. The van der Waals surface area contributed by atoms with Gasteiger partial charge in [0.2, 0.25) is 11.8 Å². The number of nitrogens with one attached hydrogen (secondary N) is 1. The summed E-state index contributed by atoms with van der Waals surface area (Å²) in [5.41, 5.74) is 2.63. The molecule has 3 rings (SSSR count). The second kappa shape index (κ2) is 7.76. The summed E-state index contributed by atoms with van der Waals surface area (Å²) in [5, 5.41) is 5.46. The van der Waals surface area contributed by atoms with Crippen LogP contribution in [-0.2, 0) is 22.6 Å². The van der Waals surface area contributed by atoms with E-state index in [1.54, 1.807) is 4.90 Å². The predicted molar refractivity (Wildman–Crippen MR) is 99.9 cm³/mol. The number of anilines is 2. The summed E-state index contributed by atoms with van der Waals surface area (Å²) < 4.78 is 0. The van der Waals surface area contributed by atoms with Gasteiger partial charge >= 0.3 is 0 Å². The summed E-state index contributed by atoms with van der Waals surface area (Å²) in [6.07, 6.45) is 1.66. The van der Waals surface area contributed by atoms with Crippen molar-refractivity contribution in [2.24, 2.45) is 0 Å². The van der Waals surface area contributed by atoms with Gasteiger partial charge in [0.15, 0.2) is 5.13 Å². The molecule has 2 aromatic rings. The zero-order valence-corrected chi connectivity index (χ0v) is 15.3. The highest BCUT2D eigenvalue weighted by molar-refractivity contribution is 7.14. The molecule has 1 aliphatic rings. The van der Waals surface area contributed by atoms with Crippen LogP contribution in [0.1, 0.15) is 24.1 Å². The molecule has 2 amide bonds. The summed E-state index contributed by atoms with van der Waals surface area (Å²) in [6, 6.07) is 7.84. The van der Waals surface area contributed by atoms with Gasteiger partial charge in [0.25, 0.3) is 0 Å². The average molecular weight is 358 g/mol. The zero-order chi connectivity index (χ0) is 17.8. The first-order chi connectivity index (χ1) is 12.0. The van der Waals surface area contributed by atoms with Crippen molar-refractivity contribution in [3.8, 4) is 0 Å². The Hall–Kier alpha value is -2.25. The van der Waals surface area contributed by atoms with E-state index in [9.17, 15) is 9.59 Å². The molecule has 132 valence electrons. The largest absolute Gasteiger partial charge is 0.326 e. The Kier molecular flexibility index (Phi) is 5.45. The van der Waals surface area contributed by atoms with E-state index in [1.165, 1.54) is 11.3 Å². The Balaban J connectivity index is 1.59. The van der Waals surface area contributed by atoms with Gasteiger partial charge in [0.05, 0.1) is 12.1 Å². The van der Waals surface area contributed by atoms with Crippen LogP contribution in [0.4, 0.5) is 10.8 Å². The molecule has 7 heteroatoms. The lowest BCUT2D eigenvalue weighted by Crippen LogP contribution is -2.23. The molecule has 0 saturated carbocycles. The number of hydrogen-bond acceptors (Lipinski definition) is 5. The molecule has 1 saturated heterocycles. The highest BCUT2D eigenvalue weighted by Crippen LogP contribution is 2.25. The SMILES string of the molecule is CN(C)Cc1cccc(NC(=O)Cc2csc(N3CCCC3=O)n2)c1. The molecule has 1 N–H and O–H groups in total. The highest BCUT2D eigenvalue weighted by Gasteiger charge is 2.24. The summed E-state index contributed by atoms with van der Waals surface area (Å²) in [5.74, 6) is 0.00894. The zero-order valence-electron chi connectivity index (χ0n) is 14.5. The number of thiazole rings is 1. The Morgan fingerprint density at radius 2 is 2.24 bits per heavy atom. The third-order valence-electron chi connectivity index (χ3n) is 3.90. The topological polar surface area (TPSA) is 65.5 Å². The molecule has 6 nitrogen and oxygen atoms in total. The van der Waals surface area contributed by atoms with Crippen LogP contribution in [0.2, 0.25) is 0 Å². The second-order valence-corrected chi connectivity index (χ2v) is 7.27. The van der Waals surface area contributed by atoms with Gasteiger partial charge < -0.3 is 10.2 Å². The minimum Gasteiger partial charge on any atom is -0.326 e. The first-order valence-corrected chi connectivity index (χ1v) is 9.17. The van der Waals surface area contributed by atoms with Crippen molar-refractivity contribution in [2.75, 3.05) is 30.9 Å². The first kappa shape index (κ1) is 17.6. The minimum atomic E-state index is -0.105. The maximum atomic E-state index is 12.3. The monoisotopic (exact) mass is 358 g/mol. The molecule has 0 spiro atoms. The van der Waals surface area contributed by atoms with Crippen molar-refractivity contribution in [1.29, 1.82) is 0 Å². The lowest BCUT2D eigenvalue weighted by molar-refractivity contribution is -0.117. The molecule has 0 aliphatic carbocycles. The molecule has 25 heavy (non-hydrogen) atoms. The van der Waals surface area contributed by atoms with Crippen LogP contribution in [0.3, 0.4) is 0 Å². The fraction of sp³-hybridized carbons (Fsp3) is 0.389. The summed E-state index contributed by atoms with van der Waals surface area (Å²) >= 11 is 1.42. The molecule has 1 aliphatic heterocycles. The highest BCUT2D eigenvalue weighted by atomic mass is 32.1. The van der Waals surface area contributed by atoms with E-state index in [1.807, 2.05) is 43.7 Å². The van der Waals surface area contributed by atoms with Gasteiger partial charge in [0, 0.05) is 30.6 Å². The van der Waals surface area contributed by atoms with Crippen LogP contribution in [-0.4, -0.2) is 42.3 Å². The number of carbonyl (C=O) groups is 2. The lowest BCUT2D eigenvalue weighted by atomic mass is 10.2. The van der Waals surface area contributed by atoms with Crippen molar-refractivity contribution in [2.45, 2.75) is 25.8 Å². The number of carbonyl (C=O) groups excluding carboxylic acids is 2. The average Bonchev–Trinajstić information content (AvgIpc) is 3.15. The number of rotatable bonds is 6. The molecule has 1 fully saturated rings. The third-order valence-corrected chi connectivity index (χ3v) is 4.81. The molecule has 0 unspecified atom stereocenters. The molecule has 0 radical (unpaired) electrons. The summed E-state index contributed by atoms with van der Waals surface area (Å²) in [4.78, 5) is 32.3. The van der Waals surface area contributed by atoms with E-state index in [4.69, 9.17) is 0 Å².